The van der Waals surface area contributed by atoms with Crippen LogP contribution in [-0.2, 0) is 22.6 Å². The molecule has 23 heavy (non-hydrogen) atoms. The van der Waals surface area contributed by atoms with Gasteiger partial charge in [0.25, 0.3) is 5.69 Å². The third-order valence-corrected chi connectivity index (χ3v) is 3.34. The van der Waals surface area contributed by atoms with Gasteiger partial charge in [-0.2, -0.15) is 0 Å². The van der Waals surface area contributed by atoms with E-state index >= 15 is 0 Å². The second kappa shape index (κ2) is 8.03. The zero-order chi connectivity index (χ0) is 16.7. The summed E-state index contributed by atoms with van der Waals surface area (Å²) in [5.74, 6) is -0.790. The minimum absolute atomic E-state index is 0.0399. The van der Waals surface area contributed by atoms with Crippen LogP contribution in [0.25, 0.3) is 0 Å². The van der Waals surface area contributed by atoms with E-state index in [1.165, 1.54) is 18.2 Å². The number of carbonyl (C=O) groups excluding carboxylic acids is 1. The maximum absolute atomic E-state index is 13.4. The number of non-ortho nitro benzene ring substituents is 1. The van der Waals surface area contributed by atoms with Gasteiger partial charge >= 0.3 is 5.97 Å². The van der Waals surface area contributed by atoms with Gasteiger partial charge < -0.3 is 4.74 Å². The average molecular weight is 317 g/mol. The van der Waals surface area contributed by atoms with Gasteiger partial charge in [-0.05, 0) is 24.5 Å². The van der Waals surface area contributed by atoms with E-state index in [4.69, 9.17) is 4.74 Å². The first-order valence-corrected chi connectivity index (χ1v) is 7.18. The number of hydrogen-bond donors (Lipinski definition) is 0. The number of nitro benzene ring substituents is 1. The van der Waals surface area contributed by atoms with E-state index in [9.17, 15) is 19.3 Å². The van der Waals surface area contributed by atoms with Crippen LogP contribution in [-0.4, -0.2) is 10.9 Å². The van der Waals surface area contributed by atoms with Gasteiger partial charge in [-0.15, -0.1) is 0 Å². The van der Waals surface area contributed by atoms with Crippen LogP contribution < -0.4 is 0 Å². The van der Waals surface area contributed by atoms with Gasteiger partial charge in [-0.25, -0.2) is 4.39 Å². The topological polar surface area (TPSA) is 69.4 Å². The number of nitrogens with zero attached hydrogens (tertiary/aromatic N) is 1. The first kappa shape index (κ1) is 16.6. The second-order valence-electron chi connectivity index (χ2n) is 5.03. The van der Waals surface area contributed by atoms with E-state index in [1.807, 2.05) is 0 Å². The molecule has 0 aliphatic rings. The molecule has 0 spiro atoms. The van der Waals surface area contributed by atoms with Crippen molar-refractivity contribution >= 4 is 11.7 Å². The summed E-state index contributed by atoms with van der Waals surface area (Å²) in [4.78, 5) is 21.7. The van der Waals surface area contributed by atoms with Crippen molar-refractivity contribution in [1.82, 2.24) is 0 Å². The summed E-state index contributed by atoms with van der Waals surface area (Å²) < 4.78 is 18.4. The van der Waals surface area contributed by atoms with Crippen LogP contribution in [0.1, 0.15) is 24.0 Å². The van der Waals surface area contributed by atoms with E-state index in [1.54, 1.807) is 30.3 Å². The second-order valence-corrected chi connectivity index (χ2v) is 5.03. The molecule has 120 valence electrons. The Morgan fingerprint density at radius 3 is 2.48 bits per heavy atom. The Balaban J connectivity index is 1.72. The number of ether oxygens (including phenoxy) is 1. The minimum Gasteiger partial charge on any atom is -0.461 e. The lowest BCUT2D eigenvalue weighted by molar-refractivity contribution is -0.384. The van der Waals surface area contributed by atoms with Crippen molar-refractivity contribution in [3.05, 3.63) is 75.6 Å². The van der Waals surface area contributed by atoms with Crippen molar-refractivity contribution in [2.45, 2.75) is 25.9 Å². The van der Waals surface area contributed by atoms with Crippen molar-refractivity contribution in [2.24, 2.45) is 0 Å². The van der Waals surface area contributed by atoms with E-state index < -0.39 is 16.7 Å². The van der Waals surface area contributed by atoms with Gasteiger partial charge in [-0.1, -0.05) is 30.3 Å². The van der Waals surface area contributed by atoms with Crippen molar-refractivity contribution < 1.29 is 18.8 Å². The Labute approximate surface area is 132 Å². The van der Waals surface area contributed by atoms with E-state index in [0.717, 1.165) is 5.56 Å². The highest BCUT2D eigenvalue weighted by molar-refractivity contribution is 5.69. The zero-order valence-corrected chi connectivity index (χ0v) is 12.4. The molecule has 2 aromatic carbocycles. The maximum atomic E-state index is 13.4. The lowest BCUT2D eigenvalue weighted by atomic mass is 10.1. The molecule has 0 aliphatic carbocycles. The van der Waals surface area contributed by atoms with E-state index in [-0.39, 0.29) is 18.7 Å². The Morgan fingerprint density at radius 1 is 1.13 bits per heavy atom. The SMILES string of the molecule is O=C(CCCc1ccc([N+](=O)[O-])cc1)OCc1ccccc1F. The standard InChI is InChI=1S/C17H16FNO4/c18-16-6-2-1-5-14(16)12-23-17(20)7-3-4-13-8-10-15(11-9-13)19(21)22/h1-2,5-6,8-11H,3-4,7,12H2. The summed E-state index contributed by atoms with van der Waals surface area (Å²) in [7, 11) is 0. The Bertz CT molecular complexity index is 685. The molecule has 0 saturated carbocycles. The van der Waals surface area contributed by atoms with Crippen LogP contribution >= 0.6 is 0 Å². The van der Waals surface area contributed by atoms with Crippen molar-refractivity contribution in [3.63, 3.8) is 0 Å². The number of rotatable bonds is 7. The molecule has 0 atom stereocenters. The first-order valence-electron chi connectivity index (χ1n) is 7.18. The molecule has 5 nitrogen and oxygen atoms in total. The summed E-state index contributed by atoms with van der Waals surface area (Å²) in [5, 5.41) is 10.5. The van der Waals surface area contributed by atoms with Crippen LogP contribution in [0.3, 0.4) is 0 Å². The largest absolute Gasteiger partial charge is 0.461 e. The molecule has 0 aromatic heterocycles. The smallest absolute Gasteiger partial charge is 0.306 e. The minimum atomic E-state index is -0.455. The monoisotopic (exact) mass is 317 g/mol. The van der Waals surface area contributed by atoms with Crippen molar-refractivity contribution in [2.75, 3.05) is 0 Å². The zero-order valence-electron chi connectivity index (χ0n) is 12.4. The van der Waals surface area contributed by atoms with Gasteiger partial charge in [0, 0.05) is 24.1 Å². The van der Waals surface area contributed by atoms with Crippen LogP contribution in [0.4, 0.5) is 10.1 Å². The Hall–Kier alpha value is -2.76. The molecule has 2 aromatic rings. The number of hydrogen-bond acceptors (Lipinski definition) is 4. The Kier molecular flexibility index (Phi) is 5.80. The summed E-state index contributed by atoms with van der Waals surface area (Å²) in [5.41, 5.74) is 1.30. The lowest BCUT2D eigenvalue weighted by Gasteiger charge is -2.06. The summed E-state index contributed by atoms with van der Waals surface area (Å²) in [6.07, 6.45) is 1.39. The fourth-order valence-corrected chi connectivity index (χ4v) is 2.07. The molecule has 0 amide bonds. The molecule has 6 heteroatoms. The first-order chi connectivity index (χ1) is 11.1. The molecule has 0 saturated heterocycles. The van der Waals surface area contributed by atoms with Gasteiger partial charge in [0.05, 0.1) is 4.92 Å². The number of benzene rings is 2. The number of carbonyl (C=O) groups is 1. The van der Waals surface area contributed by atoms with Gasteiger partial charge in [0.1, 0.15) is 12.4 Å². The number of esters is 1. The van der Waals surface area contributed by atoms with Crippen LogP contribution in [0.2, 0.25) is 0 Å². The molecular weight excluding hydrogens is 301 g/mol. The number of nitro groups is 1. The van der Waals surface area contributed by atoms with Crippen LogP contribution in [0, 0.1) is 15.9 Å². The fraction of sp³-hybridized carbons (Fsp3) is 0.235. The molecule has 0 fully saturated rings. The molecular formula is C17H16FNO4. The lowest BCUT2D eigenvalue weighted by Crippen LogP contribution is -2.06. The average Bonchev–Trinajstić information content (AvgIpc) is 2.54. The third kappa shape index (κ3) is 5.18. The van der Waals surface area contributed by atoms with Crippen LogP contribution in [0.5, 0.6) is 0 Å². The van der Waals surface area contributed by atoms with Crippen molar-refractivity contribution in [3.8, 4) is 0 Å². The molecule has 0 unspecified atom stereocenters. The fourth-order valence-electron chi connectivity index (χ4n) is 2.07. The van der Waals surface area contributed by atoms with Gasteiger partial charge in [0.15, 0.2) is 0 Å². The summed E-state index contributed by atoms with van der Waals surface area (Å²) >= 11 is 0. The number of aryl methyl sites for hydroxylation is 1. The molecule has 0 heterocycles. The van der Waals surface area contributed by atoms with E-state index in [2.05, 4.69) is 0 Å². The summed E-state index contributed by atoms with van der Waals surface area (Å²) in [6.45, 7) is -0.0803. The predicted octanol–water partition coefficient (Wildman–Crippen LogP) is 3.80. The van der Waals surface area contributed by atoms with Gasteiger partial charge in [0.2, 0.25) is 0 Å². The summed E-state index contributed by atoms with van der Waals surface area (Å²) in [6, 6.07) is 12.4. The molecule has 0 bridgehead atoms. The highest BCUT2D eigenvalue weighted by atomic mass is 19.1. The van der Waals surface area contributed by atoms with Crippen LogP contribution in [0.15, 0.2) is 48.5 Å². The third-order valence-electron chi connectivity index (χ3n) is 3.34. The molecule has 2 rings (SSSR count). The highest BCUT2D eigenvalue weighted by Gasteiger charge is 2.07. The molecule has 0 aliphatic heterocycles. The highest BCUT2D eigenvalue weighted by Crippen LogP contribution is 2.14. The van der Waals surface area contributed by atoms with Gasteiger partial charge in [-0.3, -0.25) is 14.9 Å². The maximum Gasteiger partial charge on any atom is 0.306 e. The van der Waals surface area contributed by atoms with E-state index in [0.29, 0.717) is 18.4 Å². The predicted molar refractivity (Wildman–Crippen MR) is 82.2 cm³/mol. The number of halogens is 1. The van der Waals surface area contributed by atoms with Crippen molar-refractivity contribution in [1.29, 1.82) is 0 Å². The molecule has 0 radical (unpaired) electrons. The molecule has 0 N–H and O–H groups in total. The Morgan fingerprint density at radius 2 is 1.83 bits per heavy atom. The normalized spacial score (nSPS) is 10.3. The quantitative estimate of drug-likeness (QED) is 0.442.